The van der Waals surface area contributed by atoms with Crippen molar-refractivity contribution in [3.8, 4) is 0 Å². The highest BCUT2D eigenvalue weighted by atomic mass is 79.9. The van der Waals surface area contributed by atoms with Gasteiger partial charge in [0.15, 0.2) is 0 Å². The van der Waals surface area contributed by atoms with Gasteiger partial charge in [0.05, 0.1) is 0 Å². The summed E-state index contributed by atoms with van der Waals surface area (Å²) < 4.78 is 13.7. The zero-order chi connectivity index (χ0) is 8.55. The first-order valence-corrected chi connectivity index (χ1v) is 4.74. The lowest BCUT2D eigenvalue weighted by molar-refractivity contribution is 0.381. The van der Waals surface area contributed by atoms with Crippen LogP contribution in [0.1, 0.15) is 18.0 Å². The smallest absolute Gasteiger partial charge is 0.124 e. The molecule has 0 spiro atoms. The first-order chi connectivity index (χ1) is 5.75. The van der Waals surface area contributed by atoms with E-state index in [0.29, 0.717) is 6.04 Å². The lowest BCUT2D eigenvalue weighted by Gasteiger charge is -2.28. The van der Waals surface area contributed by atoms with Crippen LogP contribution < -0.4 is 5.32 Å². The minimum absolute atomic E-state index is 0.173. The minimum atomic E-state index is -0.173. The number of benzene rings is 1. The highest BCUT2D eigenvalue weighted by molar-refractivity contribution is 9.10. The molecule has 0 radical (unpaired) electrons. The number of halogens is 2. The molecular weight excluding hydrogens is 221 g/mol. The molecule has 1 aromatic carbocycles. The van der Waals surface area contributed by atoms with Crippen molar-refractivity contribution in [2.24, 2.45) is 0 Å². The second-order valence-electron chi connectivity index (χ2n) is 3.00. The molecule has 0 unspecified atom stereocenters. The molecule has 64 valence electrons. The van der Waals surface area contributed by atoms with Crippen LogP contribution in [0.25, 0.3) is 0 Å². The van der Waals surface area contributed by atoms with Gasteiger partial charge in [-0.3, -0.25) is 0 Å². The van der Waals surface area contributed by atoms with Crippen LogP contribution in [0.4, 0.5) is 4.39 Å². The van der Waals surface area contributed by atoms with Gasteiger partial charge in [0.25, 0.3) is 0 Å². The maximum Gasteiger partial charge on any atom is 0.124 e. The van der Waals surface area contributed by atoms with Crippen LogP contribution in [0.5, 0.6) is 0 Å². The maximum atomic E-state index is 12.9. The molecule has 2 rings (SSSR count). The van der Waals surface area contributed by atoms with Crippen LogP contribution in [0.15, 0.2) is 22.7 Å². The summed E-state index contributed by atoms with van der Waals surface area (Å²) in [5.74, 6) is -0.173. The Morgan fingerprint density at radius 2 is 2.17 bits per heavy atom. The fraction of sp³-hybridized carbons (Fsp3) is 0.333. The van der Waals surface area contributed by atoms with Crippen molar-refractivity contribution in [3.05, 3.63) is 34.1 Å². The van der Waals surface area contributed by atoms with Crippen LogP contribution in [0, 0.1) is 5.82 Å². The van der Waals surface area contributed by atoms with Crippen LogP contribution in [0.3, 0.4) is 0 Å². The van der Waals surface area contributed by atoms with Gasteiger partial charge in [-0.2, -0.15) is 0 Å². The quantitative estimate of drug-likeness (QED) is 0.781. The Kier molecular flexibility index (Phi) is 2.15. The van der Waals surface area contributed by atoms with Crippen LogP contribution in [-0.2, 0) is 0 Å². The second kappa shape index (κ2) is 3.15. The zero-order valence-corrected chi connectivity index (χ0v) is 8.07. The second-order valence-corrected chi connectivity index (χ2v) is 3.91. The molecule has 0 bridgehead atoms. The van der Waals surface area contributed by atoms with E-state index in [1.165, 1.54) is 6.07 Å². The molecule has 1 aliphatic heterocycles. The Morgan fingerprint density at radius 3 is 2.67 bits per heavy atom. The SMILES string of the molecule is Fc1cc(Br)cc([C@H]2CCN2)c1. The van der Waals surface area contributed by atoms with Crippen molar-refractivity contribution in [2.45, 2.75) is 12.5 Å². The summed E-state index contributed by atoms with van der Waals surface area (Å²) >= 11 is 3.27. The van der Waals surface area contributed by atoms with Crippen LogP contribution in [0.2, 0.25) is 0 Å². The molecule has 1 nitrogen and oxygen atoms in total. The minimum Gasteiger partial charge on any atom is -0.310 e. The fourth-order valence-electron chi connectivity index (χ4n) is 1.35. The third kappa shape index (κ3) is 1.52. The Labute approximate surface area is 79.1 Å². The average molecular weight is 230 g/mol. The summed E-state index contributed by atoms with van der Waals surface area (Å²) in [4.78, 5) is 0. The molecule has 12 heavy (non-hydrogen) atoms. The van der Waals surface area contributed by atoms with Gasteiger partial charge in [-0.05, 0) is 36.7 Å². The first kappa shape index (κ1) is 8.20. The third-order valence-corrected chi connectivity index (χ3v) is 2.57. The van der Waals surface area contributed by atoms with E-state index in [1.54, 1.807) is 6.07 Å². The molecular formula is C9H9BrFN. The van der Waals surface area contributed by atoms with Gasteiger partial charge in [0.2, 0.25) is 0 Å². The van der Waals surface area contributed by atoms with E-state index in [1.807, 2.05) is 6.07 Å². The van der Waals surface area contributed by atoms with Gasteiger partial charge < -0.3 is 5.32 Å². The van der Waals surface area contributed by atoms with E-state index in [-0.39, 0.29) is 5.82 Å². The van der Waals surface area contributed by atoms with Gasteiger partial charge in [-0.25, -0.2) is 4.39 Å². The lowest BCUT2D eigenvalue weighted by atomic mass is 9.98. The predicted octanol–water partition coefficient (Wildman–Crippen LogP) is 2.62. The average Bonchev–Trinajstić information content (AvgIpc) is 1.79. The zero-order valence-electron chi connectivity index (χ0n) is 6.48. The largest absolute Gasteiger partial charge is 0.310 e. The van der Waals surface area contributed by atoms with Crippen molar-refractivity contribution in [1.29, 1.82) is 0 Å². The van der Waals surface area contributed by atoms with E-state index in [2.05, 4.69) is 21.2 Å². The molecule has 0 amide bonds. The molecule has 3 heteroatoms. The third-order valence-electron chi connectivity index (χ3n) is 2.11. The van der Waals surface area contributed by atoms with Gasteiger partial charge in [0, 0.05) is 10.5 Å². The molecule has 1 N–H and O–H groups in total. The van der Waals surface area contributed by atoms with E-state index in [4.69, 9.17) is 0 Å². The standard InChI is InChI=1S/C9H9BrFN/c10-7-3-6(4-8(11)5-7)9-1-2-12-9/h3-5,9,12H,1-2H2/t9-/m1/s1. The van der Waals surface area contributed by atoms with Crippen molar-refractivity contribution in [2.75, 3.05) is 6.54 Å². The summed E-state index contributed by atoms with van der Waals surface area (Å²) in [6.07, 6.45) is 1.11. The normalized spacial score (nSPS) is 22.0. The van der Waals surface area contributed by atoms with Gasteiger partial charge in [0.1, 0.15) is 5.82 Å². The number of nitrogens with one attached hydrogen (secondary N) is 1. The lowest BCUT2D eigenvalue weighted by Crippen LogP contribution is -2.34. The van der Waals surface area contributed by atoms with Gasteiger partial charge in [-0.1, -0.05) is 15.9 Å². The summed E-state index contributed by atoms with van der Waals surface area (Å²) in [6.45, 7) is 1.04. The van der Waals surface area contributed by atoms with Crippen molar-refractivity contribution in [3.63, 3.8) is 0 Å². The van der Waals surface area contributed by atoms with Crippen LogP contribution in [-0.4, -0.2) is 6.54 Å². The molecule has 0 aliphatic carbocycles. The van der Waals surface area contributed by atoms with Crippen LogP contribution >= 0.6 is 15.9 Å². The highest BCUT2D eigenvalue weighted by Crippen LogP contribution is 2.26. The molecule has 0 aromatic heterocycles. The van der Waals surface area contributed by atoms with E-state index in [9.17, 15) is 4.39 Å². The summed E-state index contributed by atoms with van der Waals surface area (Å²) in [5.41, 5.74) is 1.04. The van der Waals surface area contributed by atoms with Crippen molar-refractivity contribution >= 4 is 15.9 Å². The number of hydrogen-bond donors (Lipinski definition) is 1. The molecule has 1 aromatic rings. The molecule has 1 atom stereocenters. The molecule has 1 heterocycles. The maximum absolute atomic E-state index is 12.9. The van der Waals surface area contributed by atoms with Gasteiger partial charge in [-0.15, -0.1) is 0 Å². The first-order valence-electron chi connectivity index (χ1n) is 3.95. The molecule has 1 saturated heterocycles. The topological polar surface area (TPSA) is 12.0 Å². The Balaban J connectivity index is 2.30. The predicted molar refractivity (Wildman–Crippen MR) is 49.5 cm³/mol. The Bertz CT molecular complexity index is 276. The van der Waals surface area contributed by atoms with Crippen molar-refractivity contribution in [1.82, 2.24) is 5.32 Å². The monoisotopic (exact) mass is 229 g/mol. The summed E-state index contributed by atoms with van der Waals surface area (Å²) in [6, 6.07) is 5.38. The van der Waals surface area contributed by atoms with Gasteiger partial charge >= 0.3 is 0 Å². The van der Waals surface area contributed by atoms with E-state index >= 15 is 0 Å². The summed E-state index contributed by atoms with van der Waals surface area (Å²) in [7, 11) is 0. The molecule has 1 fully saturated rings. The fourth-order valence-corrected chi connectivity index (χ4v) is 1.83. The van der Waals surface area contributed by atoms with E-state index < -0.39 is 0 Å². The van der Waals surface area contributed by atoms with Crippen molar-refractivity contribution < 1.29 is 4.39 Å². The van der Waals surface area contributed by atoms with E-state index in [0.717, 1.165) is 23.0 Å². The number of hydrogen-bond acceptors (Lipinski definition) is 1. The summed E-state index contributed by atoms with van der Waals surface area (Å²) in [5, 5.41) is 3.23. The number of rotatable bonds is 1. The molecule has 0 saturated carbocycles. The Morgan fingerprint density at radius 1 is 1.42 bits per heavy atom. The Hall–Kier alpha value is -0.410. The highest BCUT2D eigenvalue weighted by Gasteiger charge is 2.18. The molecule has 1 aliphatic rings.